The van der Waals surface area contributed by atoms with Crippen LogP contribution in [0.15, 0.2) is 46.1 Å². The van der Waals surface area contributed by atoms with Gasteiger partial charge in [0.25, 0.3) is 5.91 Å². The van der Waals surface area contributed by atoms with Crippen molar-refractivity contribution < 1.29 is 9.53 Å². The lowest BCUT2D eigenvalue weighted by molar-refractivity contribution is 0.102. The number of thioether (sulfide) groups is 1. The second-order valence-corrected chi connectivity index (χ2v) is 8.06. The van der Waals surface area contributed by atoms with Crippen molar-refractivity contribution in [1.29, 1.82) is 0 Å². The minimum absolute atomic E-state index is 0.195. The Balaban J connectivity index is 1.59. The number of anilines is 1. The number of methoxy groups -OCH3 is 1. The summed E-state index contributed by atoms with van der Waals surface area (Å²) >= 11 is 4.72. The predicted octanol–water partition coefficient (Wildman–Crippen LogP) is 4.29. The number of nitrogens with zero attached hydrogens (tertiary/aromatic N) is 2. The molecule has 124 valence electrons. The van der Waals surface area contributed by atoms with Gasteiger partial charge in [0.1, 0.15) is 0 Å². The minimum Gasteiger partial charge on any atom is -0.380 e. The maximum atomic E-state index is 12.3. The number of carbonyl (C=O) groups excluding carboxylic acids is 1. The fourth-order valence-corrected chi connectivity index (χ4v) is 4.50. The largest absolute Gasteiger partial charge is 0.380 e. The number of aromatic nitrogens is 2. The van der Waals surface area contributed by atoms with Crippen LogP contribution in [0.1, 0.15) is 20.8 Å². The van der Waals surface area contributed by atoms with E-state index in [-0.39, 0.29) is 5.91 Å². The van der Waals surface area contributed by atoms with Gasteiger partial charge in [-0.15, -0.1) is 21.5 Å². The maximum absolute atomic E-state index is 12.3. The molecule has 1 amide bonds. The Labute approximate surface area is 152 Å². The van der Waals surface area contributed by atoms with E-state index >= 15 is 0 Å². The van der Waals surface area contributed by atoms with Gasteiger partial charge in [0.2, 0.25) is 5.13 Å². The van der Waals surface area contributed by atoms with Crippen molar-refractivity contribution >= 4 is 45.5 Å². The number of amides is 1. The second-order valence-electron chi connectivity index (χ2n) is 4.83. The van der Waals surface area contributed by atoms with Gasteiger partial charge in [0.05, 0.1) is 6.61 Å². The van der Waals surface area contributed by atoms with Gasteiger partial charge in [-0.3, -0.25) is 10.1 Å². The van der Waals surface area contributed by atoms with Crippen LogP contribution in [0.5, 0.6) is 0 Å². The first-order chi connectivity index (χ1) is 11.7. The van der Waals surface area contributed by atoms with Gasteiger partial charge in [0, 0.05) is 23.3 Å². The van der Waals surface area contributed by atoms with Gasteiger partial charge in [-0.25, -0.2) is 0 Å². The van der Waals surface area contributed by atoms with E-state index in [4.69, 9.17) is 4.74 Å². The molecule has 0 saturated heterocycles. The molecule has 8 heteroatoms. The van der Waals surface area contributed by atoms with Gasteiger partial charge in [-0.1, -0.05) is 41.3 Å². The van der Waals surface area contributed by atoms with E-state index in [1.165, 1.54) is 16.2 Å². The van der Waals surface area contributed by atoms with Gasteiger partial charge < -0.3 is 4.74 Å². The minimum atomic E-state index is -0.195. The zero-order valence-corrected chi connectivity index (χ0v) is 15.3. The van der Waals surface area contributed by atoms with E-state index in [0.29, 0.717) is 17.3 Å². The van der Waals surface area contributed by atoms with E-state index in [2.05, 4.69) is 27.0 Å². The van der Waals surface area contributed by atoms with Crippen molar-refractivity contribution in [2.75, 3.05) is 12.4 Å². The number of carbonyl (C=O) groups is 1. The Bertz CT molecular complexity index is 803. The Kier molecular flexibility index (Phi) is 5.97. The van der Waals surface area contributed by atoms with Gasteiger partial charge >= 0.3 is 0 Å². The summed E-state index contributed by atoms with van der Waals surface area (Å²) in [6.45, 7) is 0.476. The Morgan fingerprint density at radius 2 is 2.21 bits per heavy atom. The number of thiophene rings is 1. The molecule has 0 bridgehead atoms. The lowest BCUT2D eigenvalue weighted by Crippen LogP contribution is -2.12. The summed E-state index contributed by atoms with van der Waals surface area (Å²) in [6.07, 6.45) is 0. The zero-order chi connectivity index (χ0) is 16.8. The number of ether oxygens (including phenoxy) is 1. The van der Waals surface area contributed by atoms with Crippen LogP contribution in [0.2, 0.25) is 0 Å². The Hall–Kier alpha value is -1.74. The standard InChI is InChI=1S/C16H15N3O2S3/c1-21-9-11-4-2-5-12(8-11)14(20)17-15-18-19-16(24-15)23-10-13-6-3-7-22-13/h2-8H,9-10H2,1H3,(H,17,18,20). The van der Waals surface area contributed by atoms with Gasteiger partial charge in [-0.2, -0.15) is 0 Å². The lowest BCUT2D eigenvalue weighted by Gasteiger charge is -2.04. The smallest absolute Gasteiger partial charge is 0.257 e. The average molecular weight is 378 g/mol. The first kappa shape index (κ1) is 17.1. The van der Waals surface area contributed by atoms with E-state index in [9.17, 15) is 4.79 Å². The van der Waals surface area contributed by atoms with Crippen LogP contribution in [0.4, 0.5) is 5.13 Å². The molecule has 2 aromatic heterocycles. The summed E-state index contributed by atoms with van der Waals surface area (Å²) in [5, 5.41) is 13.5. The van der Waals surface area contributed by atoms with E-state index in [1.807, 2.05) is 24.3 Å². The fourth-order valence-electron chi connectivity index (χ4n) is 1.98. The molecule has 1 aromatic carbocycles. The van der Waals surface area contributed by atoms with Crippen molar-refractivity contribution in [3.8, 4) is 0 Å². The molecule has 24 heavy (non-hydrogen) atoms. The van der Waals surface area contributed by atoms with E-state index < -0.39 is 0 Å². The van der Waals surface area contributed by atoms with Crippen molar-refractivity contribution in [2.24, 2.45) is 0 Å². The third-order valence-electron chi connectivity index (χ3n) is 3.05. The van der Waals surface area contributed by atoms with Crippen molar-refractivity contribution in [3.63, 3.8) is 0 Å². The molecule has 5 nitrogen and oxygen atoms in total. The molecule has 2 heterocycles. The van der Waals surface area contributed by atoms with Crippen molar-refractivity contribution in [1.82, 2.24) is 10.2 Å². The molecule has 0 fully saturated rings. The molecule has 0 aliphatic carbocycles. The SMILES string of the molecule is COCc1cccc(C(=O)Nc2nnc(SCc3cccs3)s2)c1. The molecule has 0 atom stereocenters. The first-order valence-electron chi connectivity index (χ1n) is 7.12. The molecule has 3 aromatic rings. The lowest BCUT2D eigenvalue weighted by atomic mass is 10.1. The van der Waals surface area contributed by atoms with Gasteiger partial charge in [-0.05, 0) is 29.1 Å². The molecular formula is C16H15N3O2S3. The highest BCUT2D eigenvalue weighted by molar-refractivity contribution is 8.00. The highest BCUT2D eigenvalue weighted by Crippen LogP contribution is 2.29. The second kappa shape index (κ2) is 8.39. The van der Waals surface area contributed by atoms with Gasteiger partial charge in [0.15, 0.2) is 4.34 Å². The van der Waals surface area contributed by atoms with Crippen LogP contribution < -0.4 is 5.32 Å². The Morgan fingerprint density at radius 1 is 1.29 bits per heavy atom. The molecule has 0 aliphatic rings. The molecular weight excluding hydrogens is 362 g/mol. The maximum Gasteiger partial charge on any atom is 0.257 e. The van der Waals surface area contributed by atoms with Crippen LogP contribution in [0.3, 0.4) is 0 Å². The third-order valence-corrected chi connectivity index (χ3v) is 6.13. The summed E-state index contributed by atoms with van der Waals surface area (Å²) in [7, 11) is 1.63. The normalized spacial score (nSPS) is 10.7. The zero-order valence-electron chi connectivity index (χ0n) is 12.9. The van der Waals surface area contributed by atoms with E-state index in [1.54, 1.807) is 36.3 Å². The van der Waals surface area contributed by atoms with Crippen LogP contribution in [-0.4, -0.2) is 23.2 Å². The molecule has 0 saturated carbocycles. The number of hydrogen-bond donors (Lipinski definition) is 1. The molecule has 3 rings (SSSR count). The molecule has 1 N–H and O–H groups in total. The third kappa shape index (κ3) is 4.64. The van der Waals surface area contributed by atoms with Crippen molar-refractivity contribution in [2.45, 2.75) is 16.7 Å². The average Bonchev–Trinajstić information content (AvgIpc) is 3.25. The molecule has 0 spiro atoms. The molecule has 0 unspecified atom stereocenters. The number of benzene rings is 1. The topological polar surface area (TPSA) is 64.1 Å². The summed E-state index contributed by atoms with van der Waals surface area (Å²) in [4.78, 5) is 13.6. The fraction of sp³-hybridized carbons (Fsp3) is 0.188. The summed E-state index contributed by atoms with van der Waals surface area (Å²) < 4.78 is 5.93. The monoisotopic (exact) mass is 377 g/mol. The first-order valence-corrected chi connectivity index (χ1v) is 9.80. The Morgan fingerprint density at radius 3 is 3.00 bits per heavy atom. The summed E-state index contributed by atoms with van der Waals surface area (Å²) in [6, 6.07) is 11.5. The number of rotatable bonds is 7. The molecule has 0 aliphatic heterocycles. The highest BCUT2D eigenvalue weighted by atomic mass is 32.2. The van der Waals surface area contributed by atoms with Crippen LogP contribution in [0, 0.1) is 0 Å². The summed E-state index contributed by atoms with van der Waals surface area (Å²) in [5.74, 6) is 0.665. The number of hydrogen-bond acceptors (Lipinski definition) is 7. The number of nitrogens with one attached hydrogen (secondary N) is 1. The van der Waals surface area contributed by atoms with Crippen LogP contribution in [0.25, 0.3) is 0 Å². The van der Waals surface area contributed by atoms with E-state index in [0.717, 1.165) is 15.7 Å². The quantitative estimate of drug-likeness (QED) is 0.491. The summed E-state index contributed by atoms with van der Waals surface area (Å²) in [5.41, 5.74) is 1.53. The van der Waals surface area contributed by atoms with Crippen LogP contribution in [-0.2, 0) is 17.1 Å². The predicted molar refractivity (Wildman–Crippen MR) is 98.9 cm³/mol. The van der Waals surface area contributed by atoms with Crippen LogP contribution >= 0.6 is 34.4 Å². The molecule has 0 radical (unpaired) electrons. The highest BCUT2D eigenvalue weighted by Gasteiger charge is 2.11. The van der Waals surface area contributed by atoms with Crippen molar-refractivity contribution in [3.05, 3.63) is 57.8 Å².